The molecule has 1 aromatic carbocycles. The number of fused-ring (bicyclic) bond motifs is 1. The average molecular weight is 395 g/mol. The first-order valence-electron chi connectivity index (χ1n) is 7.87. The van der Waals surface area contributed by atoms with Crippen LogP contribution >= 0.6 is 34.5 Å². The van der Waals surface area contributed by atoms with Crippen LogP contribution in [0, 0.1) is 0 Å². The largest absolute Gasteiger partial charge is 0.444 e. The molecule has 4 rings (SSSR count). The molecule has 0 aliphatic heterocycles. The monoisotopic (exact) mass is 394 g/mol. The van der Waals surface area contributed by atoms with Gasteiger partial charge in [-0.15, -0.1) is 11.3 Å². The highest BCUT2D eigenvalue weighted by Crippen LogP contribution is 2.41. The Morgan fingerprint density at radius 2 is 2.24 bits per heavy atom. The maximum Gasteiger partial charge on any atom is 0.236 e. The van der Waals surface area contributed by atoms with E-state index in [-0.39, 0.29) is 6.04 Å². The summed E-state index contributed by atoms with van der Waals surface area (Å²) in [5.74, 6) is 0.622. The van der Waals surface area contributed by atoms with Crippen molar-refractivity contribution in [3.8, 4) is 10.8 Å². The molecule has 1 aliphatic carbocycles. The quantitative estimate of drug-likeness (QED) is 0.690. The lowest BCUT2D eigenvalue weighted by atomic mass is 10.1. The number of oxazole rings is 1. The van der Waals surface area contributed by atoms with E-state index in [1.807, 2.05) is 30.6 Å². The molecule has 4 nitrogen and oxygen atoms in total. The fourth-order valence-corrected chi connectivity index (χ4v) is 4.65. The van der Waals surface area contributed by atoms with Gasteiger partial charge >= 0.3 is 0 Å². The Morgan fingerprint density at radius 1 is 1.40 bits per heavy atom. The van der Waals surface area contributed by atoms with Crippen LogP contribution < -0.4 is 0 Å². The Bertz CT molecular complexity index is 895. The van der Waals surface area contributed by atoms with E-state index in [1.54, 1.807) is 23.7 Å². The van der Waals surface area contributed by atoms with Crippen molar-refractivity contribution in [1.29, 1.82) is 0 Å². The van der Waals surface area contributed by atoms with Gasteiger partial charge in [-0.25, -0.2) is 4.98 Å². The number of rotatable bonds is 4. The van der Waals surface area contributed by atoms with Crippen molar-refractivity contribution in [1.82, 2.24) is 9.88 Å². The van der Waals surface area contributed by atoms with Crippen LogP contribution in [0.1, 0.15) is 22.9 Å². The van der Waals surface area contributed by atoms with Crippen molar-refractivity contribution in [2.45, 2.75) is 25.1 Å². The average Bonchev–Trinajstić information content (AvgIpc) is 3.25. The highest BCUT2D eigenvalue weighted by Gasteiger charge is 2.36. The number of aromatic nitrogens is 1. The van der Waals surface area contributed by atoms with Crippen LogP contribution in [0.5, 0.6) is 0 Å². The lowest BCUT2D eigenvalue weighted by molar-refractivity contribution is 0.0718. The van der Waals surface area contributed by atoms with E-state index >= 15 is 0 Å². The highest BCUT2D eigenvalue weighted by molar-refractivity contribution is 7.13. The Balaban J connectivity index is 1.57. The van der Waals surface area contributed by atoms with E-state index in [0.717, 1.165) is 21.7 Å². The van der Waals surface area contributed by atoms with Gasteiger partial charge in [-0.1, -0.05) is 29.3 Å². The number of hydrogen-bond acceptors (Lipinski definition) is 5. The molecule has 2 aromatic heterocycles. The van der Waals surface area contributed by atoms with Crippen LogP contribution in [-0.4, -0.2) is 28.1 Å². The number of aliphatic hydroxyl groups excluding tert-OH is 1. The zero-order chi connectivity index (χ0) is 17.6. The van der Waals surface area contributed by atoms with Gasteiger partial charge in [0.2, 0.25) is 5.89 Å². The van der Waals surface area contributed by atoms with E-state index < -0.39 is 6.10 Å². The molecule has 7 heteroatoms. The molecule has 130 valence electrons. The second-order valence-electron chi connectivity index (χ2n) is 6.21. The predicted octanol–water partition coefficient (Wildman–Crippen LogP) is 4.80. The summed E-state index contributed by atoms with van der Waals surface area (Å²) in [6.07, 6.45) is 1.66. The Morgan fingerprint density at radius 3 is 3.00 bits per heavy atom. The van der Waals surface area contributed by atoms with Gasteiger partial charge in [0.15, 0.2) is 0 Å². The zero-order valence-electron chi connectivity index (χ0n) is 13.4. The van der Waals surface area contributed by atoms with E-state index in [4.69, 9.17) is 27.6 Å². The van der Waals surface area contributed by atoms with Crippen LogP contribution in [0.2, 0.25) is 10.0 Å². The van der Waals surface area contributed by atoms with Crippen LogP contribution in [0.15, 0.2) is 40.3 Å². The summed E-state index contributed by atoms with van der Waals surface area (Å²) in [4.78, 5) is 7.60. The Labute approximate surface area is 159 Å². The maximum atomic E-state index is 10.5. The van der Waals surface area contributed by atoms with Gasteiger partial charge in [0.05, 0.1) is 22.7 Å². The van der Waals surface area contributed by atoms with Gasteiger partial charge in [-0.2, -0.15) is 0 Å². The smallest absolute Gasteiger partial charge is 0.236 e. The Kier molecular flexibility index (Phi) is 4.60. The molecule has 1 aliphatic rings. The molecule has 2 atom stereocenters. The number of nitrogens with zero attached hydrogens (tertiary/aromatic N) is 2. The molecule has 0 fully saturated rings. The van der Waals surface area contributed by atoms with Crippen molar-refractivity contribution >= 4 is 34.5 Å². The van der Waals surface area contributed by atoms with Crippen molar-refractivity contribution in [2.24, 2.45) is 0 Å². The van der Waals surface area contributed by atoms with Crippen molar-refractivity contribution in [3.05, 3.63) is 62.8 Å². The molecule has 0 saturated carbocycles. The predicted molar refractivity (Wildman–Crippen MR) is 100 cm³/mol. The molecule has 25 heavy (non-hydrogen) atoms. The van der Waals surface area contributed by atoms with E-state index in [9.17, 15) is 5.11 Å². The third kappa shape index (κ3) is 3.23. The van der Waals surface area contributed by atoms with E-state index in [1.165, 1.54) is 0 Å². The Hall–Kier alpha value is -1.37. The second-order valence-corrected chi connectivity index (χ2v) is 8.00. The van der Waals surface area contributed by atoms with Crippen LogP contribution in [0.4, 0.5) is 0 Å². The molecule has 0 amide bonds. The zero-order valence-corrected chi connectivity index (χ0v) is 15.8. The van der Waals surface area contributed by atoms with E-state index in [2.05, 4.69) is 9.88 Å². The molecule has 3 aromatic rings. The van der Waals surface area contributed by atoms with Gasteiger partial charge in [-0.3, -0.25) is 4.90 Å². The standard InChI is InChI=1S/C18H16Cl2N2O2S/c1-22(8-11-9-24-18(21-11)16-3-2-4-25-16)17-13-5-10(19)6-14(20)12(13)7-15(17)23/h2-6,9,15,17,23H,7-8H2,1H3/t15-,17-/m0/s1. The minimum Gasteiger partial charge on any atom is -0.444 e. The summed E-state index contributed by atoms with van der Waals surface area (Å²) < 4.78 is 5.58. The normalized spacial score (nSPS) is 19.6. The summed E-state index contributed by atoms with van der Waals surface area (Å²) >= 11 is 14.0. The minimum absolute atomic E-state index is 0.173. The van der Waals surface area contributed by atoms with Crippen LogP contribution in [0.25, 0.3) is 10.8 Å². The first-order chi connectivity index (χ1) is 12.0. The lowest BCUT2D eigenvalue weighted by Crippen LogP contribution is -2.30. The third-order valence-corrected chi connectivity index (χ3v) is 5.87. The fraction of sp³-hybridized carbons (Fsp3) is 0.278. The number of thiophene rings is 1. The van der Waals surface area contributed by atoms with Gasteiger partial charge in [0, 0.05) is 23.0 Å². The minimum atomic E-state index is -0.528. The summed E-state index contributed by atoms with van der Waals surface area (Å²) in [5, 5.41) is 13.7. The van der Waals surface area contributed by atoms with Gasteiger partial charge in [0.25, 0.3) is 0 Å². The van der Waals surface area contributed by atoms with Crippen molar-refractivity contribution < 1.29 is 9.52 Å². The molecular formula is C18H16Cl2N2O2S. The molecule has 0 radical (unpaired) electrons. The maximum absolute atomic E-state index is 10.5. The van der Waals surface area contributed by atoms with Crippen molar-refractivity contribution in [3.63, 3.8) is 0 Å². The molecule has 1 N–H and O–H groups in total. The first kappa shape index (κ1) is 17.1. The van der Waals surface area contributed by atoms with Crippen LogP contribution in [0.3, 0.4) is 0 Å². The first-order valence-corrected chi connectivity index (χ1v) is 9.51. The van der Waals surface area contributed by atoms with Crippen molar-refractivity contribution in [2.75, 3.05) is 7.05 Å². The summed E-state index contributed by atoms with van der Waals surface area (Å²) in [6.45, 7) is 0.556. The third-order valence-electron chi connectivity index (χ3n) is 4.46. The molecule has 0 bridgehead atoms. The number of likely N-dealkylation sites (N-methyl/N-ethyl adjacent to an activating group) is 1. The number of hydrogen-bond donors (Lipinski definition) is 1. The topological polar surface area (TPSA) is 49.5 Å². The van der Waals surface area contributed by atoms with Gasteiger partial charge < -0.3 is 9.52 Å². The summed E-state index contributed by atoms with van der Waals surface area (Å²) in [5.41, 5.74) is 2.77. The van der Waals surface area contributed by atoms with Gasteiger partial charge in [-0.05, 0) is 41.8 Å². The SMILES string of the molecule is CN(Cc1coc(-c2cccs2)n1)[C@H]1c2cc(Cl)cc(Cl)c2C[C@@H]1O. The van der Waals surface area contributed by atoms with Gasteiger partial charge in [0.1, 0.15) is 6.26 Å². The summed E-state index contributed by atoms with van der Waals surface area (Å²) in [7, 11) is 1.96. The highest BCUT2D eigenvalue weighted by atomic mass is 35.5. The fourth-order valence-electron chi connectivity index (χ4n) is 3.41. The number of aliphatic hydroxyl groups is 1. The molecular weight excluding hydrogens is 379 g/mol. The molecule has 2 heterocycles. The molecule has 0 spiro atoms. The lowest BCUT2D eigenvalue weighted by Gasteiger charge is -2.27. The molecule has 0 unspecified atom stereocenters. The number of halogens is 2. The van der Waals surface area contributed by atoms with Crippen LogP contribution in [-0.2, 0) is 13.0 Å². The van der Waals surface area contributed by atoms with E-state index in [0.29, 0.717) is 28.9 Å². The summed E-state index contributed by atoms with van der Waals surface area (Å²) in [6, 6.07) is 7.38. The molecule has 0 saturated heterocycles. The number of benzene rings is 1. The second kappa shape index (κ2) is 6.74.